The van der Waals surface area contributed by atoms with Gasteiger partial charge in [-0.25, -0.2) is 4.98 Å². The van der Waals surface area contributed by atoms with Gasteiger partial charge in [0.25, 0.3) is 0 Å². The van der Waals surface area contributed by atoms with E-state index in [0.29, 0.717) is 23.2 Å². The zero-order chi connectivity index (χ0) is 13.3. The number of nitrogens with zero attached hydrogens (tertiary/aromatic N) is 3. The Morgan fingerprint density at radius 3 is 2.18 bits per heavy atom. The lowest BCUT2D eigenvalue weighted by molar-refractivity contribution is 0.394. The molecule has 5 heteroatoms. The van der Waals surface area contributed by atoms with Crippen LogP contribution in [0.1, 0.15) is 33.6 Å². The van der Waals surface area contributed by atoms with Crippen molar-refractivity contribution in [3.8, 4) is 11.5 Å². The van der Waals surface area contributed by atoms with E-state index in [1.807, 2.05) is 27.7 Å². The van der Waals surface area contributed by atoms with E-state index in [0.717, 1.165) is 0 Å². The topological polar surface area (TPSA) is 77.8 Å². The summed E-state index contributed by atoms with van der Waals surface area (Å²) in [5, 5.41) is 3.72. The van der Waals surface area contributed by atoms with Crippen molar-refractivity contribution >= 4 is 5.82 Å². The van der Waals surface area contributed by atoms with Gasteiger partial charge in [-0.3, -0.25) is 0 Å². The summed E-state index contributed by atoms with van der Waals surface area (Å²) in [7, 11) is 0. The van der Waals surface area contributed by atoms with Gasteiger partial charge in [-0.15, -0.1) is 0 Å². The summed E-state index contributed by atoms with van der Waals surface area (Å²) < 4.78 is 4.82. The normalized spacial score (nSPS) is 8.53. The SMILES string of the molecule is CC.CC.Cc1nc(-c2cccc(N)n2)no1. The van der Waals surface area contributed by atoms with Crippen LogP contribution in [0.4, 0.5) is 5.82 Å². The maximum Gasteiger partial charge on any atom is 0.223 e. The number of anilines is 1. The van der Waals surface area contributed by atoms with Gasteiger partial charge in [-0.05, 0) is 12.1 Å². The third-order valence-corrected chi connectivity index (χ3v) is 1.53. The first-order valence-electron chi connectivity index (χ1n) is 5.79. The number of nitrogens with two attached hydrogens (primary N) is 1. The Balaban J connectivity index is 0.000000581. The molecule has 0 saturated heterocycles. The Hall–Kier alpha value is -1.91. The molecule has 0 radical (unpaired) electrons. The lowest BCUT2D eigenvalue weighted by Gasteiger charge is -1.93. The summed E-state index contributed by atoms with van der Waals surface area (Å²) >= 11 is 0. The van der Waals surface area contributed by atoms with E-state index in [1.165, 1.54) is 0 Å². The van der Waals surface area contributed by atoms with E-state index in [1.54, 1.807) is 25.1 Å². The van der Waals surface area contributed by atoms with Gasteiger partial charge in [-0.1, -0.05) is 38.9 Å². The van der Waals surface area contributed by atoms with Crippen LogP contribution in [-0.2, 0) is 0 Å². The summed E-state index contributed by atoms with van der Waals surface area (Å²) in [6.45, 7) is 9.72. The number of aryl methyl sites for hydroxylation is 1. The fourth-order valence-corrected chi connectivity index (χ4v) is 0.979. The highest BCUT2D eigenvalue weighted by atomic mass is 16.5. The molecular formula is C12H20N4O. The second-order valence-electron chi connectivity index (χ2n) is 2.58. The smallest absolute Gasteiger partial charge is 0.223 e. The fourth-order valence-electron chi connectivity index (χ4n) is 0.979. The number of hydrogen-bond donors (Lipinski definition) is 1. The van der Waals surface area contributed by atoms with Crippen LogP contribution >= 0.6 is 0 Å². The maximum absolute atomic E-state index is 5.51. The summed E-state index contributed by atoms with van der Waals surface area (Å²) in [5.41, 5.74) is 6.13. The molecule has 2 rings (SSSR count). The Morgan fingerprint density at radius 2 is 1.71 bits per heavy atom. The molecule has 94 valence electrons. The van der Waals surface area contributed by atoms with E-state index in [-0.39, 0.29) is 0 Å². The first kappa shape index (κ1) is 15.1. The summed E-state index contributed by atoms with van der Waals surface area (Å²) in [5.74, 6) is 1.42. The van der Waals surface area contributed by atoms with Gasteiger partial charge in [0.05, 0.1) is 0 Å². The minimum absolute atomic E-state index is 0.444. The average molecular weight is 236 g/mol. The minimum Gasteiger partial charge on any atom is -0.384 e. The standard InChI is InChI=1S/C8H8N4O.2C2H6/c1-5-10-8(12-13-5)6-3-2-4-7(9)11-6;2*1-2/h2-4H,1H3,(H2,9,11);2*1-2H3. The van der Waals surface area contributed by atoms with Crippen molar-refractivity contribution in [3.63, 3.8) is 0 Å². The molecule has 2 N–H and O–H groups in total. The van der Waals surface area contributed by atoms with E-state index in [4.69, 9.17) is 10.3 Å². The molecule has 2 heterocycles. The molecule has 2 aromatic rings. The first-order chi connectivity index (χ1) is 8.25. The Labute approximate surface area is 102 Å². The van der Waals surface area contributed by atoms with Crippen LogP contribution in [0.5, 0.6) is 0 Å². The molecule has 0 aliphatic rings. The second kappa shape index (κ2) is 8.27. The predicted octanol–water partition coefficient (Wildman–Crippen LogP) is 3.07. The third-order valence-electron chi connectivity index (χ3n) is 1.53. The predicted molar refractivity (Wildman–Crippen MR) is 69.4 cm³/mol. The van der Waals surface area contributed by atoms with Gasteiger partial charge in [0.2, 0.25) is 11.7 Å². The molecule has 0 amide bonds. The van der Waals surface area contributed by atoms with Gasteiger partial charge in [-0.2, -0.15) is 4.98 Å². The van der Waals surface area contributed by atoms with E-state index >= 15 is 0 Å². The Kier molecular flexibility index (Phi) is 7.34. The molecule has 0 aliphatic carbocycles. The molecule has 2 aromatic heterocycles. The first-order valence-corrected chi connectivity index (χ1v) is 5.79. The van der Waals surface area contributed by atoms with Crippen LogP contribution in [0.3, 0.4) is 0 Å². The number of nitrogen functional groups attached to an aromatic ring is 1. The Bertz CT molecular complexity index is 426. The number of hydrogen-bond acceptors (Lipinski definition) is 5. The van der Waals surface area contributed by atoms with Gasteiger partial charge in [0.15, 0.2) is 0 Å². The molecular weight excluding hydrogens is 216 g/mol. The molecule has 0 unspecified atom stereocenters. The molecule has 0 bridgehead atoms. The monoisotopic (exact) mass is 236 g/mol. The lowest BCUT2D eigenvalue weighted by Crippen LogP contribution is -1.92. The third kappa shape index (κ3) is 4.63. The highest BCUT2D eigenvalue weighted by molar-refractivity contribution is 5.51. The van der Waals surface area contributed by atoms with E-state index < -0.39 is 0 Å². The number of pyridine rings is 1. The molecule has 0 saturated carbocycles. The summed E-state index contributed by atoms with van der Waals surface area (Å²) in [4.78, 5) is 8.08. The molecule has 0 atom stereocenters. The highest BCUT2D eigenvalue weighted by Crippen LogP contribution is 2.13. The number of rotatable bonds is 1. The van der Waals surface area contributed by atoms with Gasteiger partial charge in [0, 0.05) is 6.92 Å². The van der Waals surface area contributed by atoms with Crippen LogP contribution in [0.2, 0.25) is 0 Å². The van der Waals surface area contributed by atoms with E-state index in [2.05, 4.69) is 15.1 Å². The van der Waals surface area contributed by atoms with Crippen molar-refractivity contribution in [2.45, 2.75) is 34.6 Å². The average Bonchev–Trinajstić information content (AvgIpc) is 2.81. The van der Waals surface area contributed by atoms with Gasteiger partial charge >= 0.3 is 0 Å². The van der Waals surface area contributed by atoms with Crippen molar-refractivity contribution in [1.82, 2.24) is 15.1 Å². The molecule has 17 heavy (non-hydrogen) atoms. The van der Waals surface area contributed by atoms with Crippen molar-refractivity contribution in [3.05, 3.63) is 24.1 Å². The maximum atomic E-state index is 5.51. The van der Waals surface area contributed by atoms with Crippen molar-refractivity contribution in [2.24, 2.45) is 0 Å². The highest BCUT2D eigenvalue weighted by Gasteiger charge is 2.06. The largest absolute Gasteiger partial charge is 0.384 e. The van der Waals surface area contributed by atoms with Crippen LogP contribution in [0, 0.1) is 6.92 Å². The van der Waals surface area contributed by atoms with Crippen LogP contribution in [-0.4, -0.2) is 15.1 Å². The lowest BCUT2D eigenvalue weighted by atomic mass is 10.3. The van der Waals surface area contributed by atoms with E-state index in [9.17, 15) is 0 Å². The fraction of sp³-hybridized carbons (Fsp3) is 0.417. The zero-order valence-electron chi connectivity index (χ0n) is 11.1. The van der Waals surface area contributed by atoms with Crippen LogP contribution in [0.15, 0.2) is 22.7 Å². The molecule has 0 aromatic carbocycles. The van der Waals surface area contributed by atoms with Gasteiger partial charge in [0.1, 0.15) is 11.5 Å². The van der Waals surface area contributed by atoms with Crippen molar-refractivity contribution < 1.29 is 4.52 Å². The second-order valence-corrected chi connectivity index (χ2v) is 2.58. The van der Waals surface area contributed by atoms with Crippen molar-refractivity contribution in [1.29, 1.82) is 0 Å². The number of aromatic nitrogens is 3. The minimum atomic E-state index is 0.444. The summed E-state index contributed by atoms with van der Waals surface area (Å²) in [6.07, 6.45) is 0. The molecule has 0 aliphatic heterocycles. The molecule has 0 spiro atoms. The van der Waals surface area contributed by atoms with Gasteiger partial charge < -0.3 is 10.3 Å². The summed E-state index contributed by atoms with van der Waals surface area (Å²) in [6, 6.07) is 5.28. The van der Waals surface area contributed by atoms with Crippen LogP contribution < -0.4 is 5.73 Å². The molecule has 5 nitrogen and oxygen atoms in total. The zero-order valence-corrected chi connectivity index (χ0v) is 11.1. The Morgan fingerprint density at radius 1 is 1.06 bits per heavy atom. The molecule has 0 fully saturated rings. The van der Waals surface area contributed by atoms with Crippen LogP contribution in [0.25, 0.3) is 11.5 Å². The quantitative estimate of drug-likeness (QED) is 0.823. The van der Waals surface area contributed by atoms with Crippen molar-refractivity contribution in [2.75, 3.05) is 5.73 Å².